The van der Waals surface area contributed by atoms with Gasteiger partial charge in [-0.1, -0.05) is 6.07 Å². The van der Waals surface area contributed by atoms with Crippen LogP contribution in [0.15, 0.2) is 23.3 Å². The van der Waals surface area contributed by atoms with Gasteiger partial charge in [-0.05, 0) is 6.07 Å². The topological polar surface area (TPSA) is 101 Å². The number of benzene rings is 1. The molecule has 0 bridgehead atoms. The highest BCUT2D eigenvalue weighted by molar-refractivity contribution is 6.02. The van der Waals surface area contributed by atoms with Gasteiger partial charge in [-0.2, -0.15) is 0 Å². The molecule has 1 aromatic rings. The first kappa shape index (κ1) is 10.2. The van der Waals surface area contributed by atoms with Crippen molar-refractivity contribution in [3.8, 4) is 5.75 Å². The first-order valence-electron chi connectivity index (χ1n) is 4.39. The molecule has 0 aliphatic carbocycles. The van der Waals surface area contributed by atoms with Crippen LogP contribution >= 0.6 is 0 Å². The lowest BCUT2D eigenvalue weighted by molar-refractivity contribution is -0.385. The van der Waals surface area contributed by atoms with Crippen molar-refractivity contribution in [1.29, 1.82) is 0 Å². The van der Waals surface area contributed by atoms with Gasteiger partial charge in [-0.15, -0.1) is 10.6 Å². The third-order valence-electron chi connectivity index (χ3n) is 2.05. The average molecular weight is 223 g/mol. The number of methoxy groups -OCH3 is 1. The first-order chi connectivity index (χ1) is 7.74. The van der Waals surface area contributed by atoms with E-state index in [0.29, 0.717) is 11.4 Å². The summed E-state index contributed by atoms with van der Waals surface area (Å²) in [5.41, 5.74) is 8.12. The summed E-state index contributed by atoms with van der Waals surface area (Å²) in [5, 5.41) is 14.6. The SMILES string of the molecule is COc1c(C2=NNNN2)cccc1[N+](=O)[O-]. The van der Waals surface area contributed by atoms with Crippen molar-refractivity contribution in [1.82, 2.24) is 16.5 Å². The minimum absolute atomic E-state index is 0.101. The predicted octanol–water partition coefficient (Wildman–Crippen LogP) is -0.123. The Morgan fingerprint density at radius 3 is 2.88 bits per heavy atom. The van der Waals surface area contributed by atoms with Crippen LogP contribution in [-0.4, -0.2) is 17.9 Å². The van der Waals surface area contributed by atoms with E-state index in [1.54, 1.807) is 12.1 Å². The van der Waals surface area contributed by atoms with Gasteiger partial charge < -0.3 is 4.74 Å². The molecule has 0 fully saturated rings. The van der Waals surface area contributed by atoms with Crippen molar-refractivity contribution in [2.45, 2.75) is 0 Å². The number of nitro groups is 1. The molecular formula is C8H9N5O3. The molecule has 16 heavy (non-hydrogen) atoms. The predicted molar refractivity (Wildman–Crippen MR) is 55.6 cm³/mol. The number of para-hydroxylation sites is 1. The molecule has 84 valence electrons. The molecule has 1 aliphatic heterocycles. The highest BCUT2D eigenvalue weighted by atomic mass is 16.6. The number of nitrogens with zero attached hydrogens (tertiary/aromatic N) is 2. The van der Waals surface area contributed by atoms with Gasteiger partial charge >= 0.3 is 5.69 Å². The molecule has 0 saturated heterocycles. The highest BCUT2D eigenvalue weighted by Gasteiger charge is 2.22. The summed E-state index contributed by atoms with van der Waals surface area (Å²) in [4.78, 5) is 10.3. The Kier molecular flexibility index (Phi) is 2.56. The number of hydrogen-bond donors (Lipinski definition) is 3. The third-order valence-corrected chi connectivity index (χ3v) is 2.05. The molecule has 0 atom stereocenters. The van der Waals surface area contributed by atoms with Gasteiger partial charge in [0.2, 0.25) is 5.75 Å². The van der Waals surface area contributed by atoms with Crippen LogP contribution in [0.5, 0.6) is 5.75 Å². The largest absolute Gasteiger partial charge is 0.490 e. The Hall–Kier alpha value is -2.35. The summed E-state index contributed by atoms with van der Waals surface area (Å²) in [6.07, 6.45) is 0. The van der Waals surface area contributed by atoms with E-state index in [0.717, 1.165) is 0 Å². The van der Waals surface area contributed by atoms with Gasteiger partial charge in [-0.3, -0.25) is 15.5 Å². The molecule has 1 aromatic carbocycles. The number of nitro benzene ring substituents is 1. The molecule has 0 saturated carbocycles. The Morgan fingerprint density at radius 1 is 1.50 bits per heavy atom. The number of nitrogens with one attached hydrogen (secondary N) is 3. The Morgan fingerprint density at radius 2 is 2.31 bits per heavy atom. The summed E-state index contributed by atoms with van der Waals surface area (Å²) in [5.74, 6) is 0.602. The summed E-state index contributed by atoms with van der Waals surface area (Å²) in [6, 6.07) is 4.61. The molecule has 0 aromatic heterocycles. The van der Waals surface area contributed by atoms with Crippen LogP contribution in [0.1, 0.15) is 5.56 Å². The van der Waals surface area contributed by atoms with Crippen molar-refractivity contribution in [2.75, 3.05) is 7.11 Å². The van der Waals surface area contributed by atoms with E-state index in [1.165, 1.54) is 13.2 Å². The molecule has 0 spiro atoms. The highest BCUT2D eigenvalue weighted by Crippen LogP contribution is 2.30. The van der Waals surface area contributed by atoms with Gasteiger partial charge in [0.15, 0.2) is 5.84 Å². The average Bonchev–Trinajstić information content (AvgIpc) is 2.81. The van der Waals surface area contributed by atoms with Crippen LogP contribution in [0.4, 0.5) is 5.69 Å². The number of rotatable bonds is 3. The van der Waals surface area contributed by atoms with E-state index >= 15 is 0 Å². The van der Waals surface area contributed by atoms with Crippen LogP contribution in [0.2, 0.25) is 0 Å². The zero-order valence-corrected chi connectivity index (χ0v) is 8.35. The molecule has 0 amide bonds. The minimum atomic E-state index is -0.501. The molecule has 2 rings (SSSR count). The Bertz CT molecular complexity index is 459. The lowest BCUT2D eigenvalue weighted by atomic mass is 10.1. The van der Waals surface area contributed by atoms with Crippen LogP contribution in [0.25, 0.3) is 0 Å². The minimum Gasteiger partial charge on any atom is -0.490 e. The first-order valence-corrected chi connectivity index (χ1v) is 4.39. The molecule has 1 heterocycles. The zero-order chi connectivity index (χ0) is 11.5. The van der Waals surface area contributed by atoms with Gasteiger partial charge in [0.05, 0.1) is 17.6 Å². The fourth-order valence-electron chi connectivity index (χ4n) is 1.40. The lowest BCUT2D eigenvalue weighted by Crippen LogP contribution is -2.35. The van der Waals surface area contributed by atoms with Gasteiger partial charge in [0, 0.05) is 6.07 Å². The molecular weight excluding hydrogens is 214 g/mol. The normalized spacial score (nSPS) is 13.7. The van der Waals surface area contributed by atoms with E-state index in [1.807, 2.05) is 0 Å². The maximum Gasteiger partial charge on any atom is 0.311 e. The fraction of sp³-hybridized carbons (Fsp3) is 0.125. The van der Waals surface area contributed by atoms with Crippen molar-refractivity contribution in [3.05, 3.63) is 33.9 Å². The summed E-state index contributed by atoms with van der Waals surface area (Å²) < 4.78 is 5.03. The van der Waals surface area contributed by atoms with Gasteiger partial charge in [0.25, 0.3) is 0 Å². The summed E-state index contributed by atoms with van der Waals surface area (Å²) in [6.45, 7) is 0. The van der Waals surface area contributed by atoms with Crippen LogP contribution in [0.3, 0.4) is 0 Å². The monoisotopic (exact) mass is 223 g/mol. The van der Waals surface area contributed by atoms with Gasteiger partial charge in [-0.25, -0.2) is 5.53 Å². The van der Waals surface area contributed by atoms with Crippen LogP contribution in [-0.2, 0) is 0 Å². The number of ether oxygens (including phenoxy) is 1. The molecule has 8 heteroatoms. The quantitative estimate of drug-likeness (QED) is 0.487. The van der Waals surface area contributed by atoms with E-state index in [9.17, 15) is 10.1 Å². The van der Waals surface area contributed by atoms with E-state index in [-0.39, 0.29) is 11.4 Å². The number of hydrogen-bond acceptors (Lipinski definition) is 7. The zero-order valence-electron chi connectivity index (χ0n) is 8.35. The van der Waals surface area contributed by atoms with Crippen molar-refractivity contribution in [2.24, 2.45) is 5.10 Å². The second-order valence-electron chi connectivity index (χ2n) is 2.94. The van der Waals surface area contributed by atoms with Crippen molar-refractivity contribution < 1.29 is 9.66 Å². The van der Waals surface area contributed by atoms with E-state index in [4.69, 9.17) is 4.74 Å². The summed E-state index contributed by atoms with van der Waals surface area (Å²) in [7, 11) is 1.38. The fourth-order valence-corrected chi connectivity index (χ4v) is 1.40. The van der Waals surface area contributed by atoms with E-state index < -0.39 is 4.92 Å². The maximum absolute atomic E-state index is 10.8. The molecule has 1 aliphatic rings. The number of amidine groups is 1. The van der Waals surface area contributed by atoms with E-state index in [2.05, 4.69) is 21.6 Å². The van der Waals surface area contributed by atoms with Crippen LogP contribution < -0.4 is 21.2 Å². The van der Waals surface area contributed by atoms with Crippen molar-refractivity contribution >= 4 is 11.5 Å². The standard InChI is InChI=1S/C8H9N5O3/c1-16-7-5(8-9-11-12-10-8)3-2-4-6(7)13(14)15/h2-4,11-12H,1H3,(H,9,10). The third kappa shape index (κ3) is 1.61. The molecule has 0 unspecified atom stereocenters. The second kappa shape index (κ2) is 4.03. The molecule has 8 nitrogen and oxygen atoms in total. The second-order valence-corrected chi connectivity index (χ2v) is 2.94. The maximum atomic E-state index is 10.8. The molecule has 0 radical (unpaired) electrons. The van der Waals surface area contributed by atoms with Gasteiger partial charge in [0.1, 0.15) is 0 Å². The Balaban J connectivity index is 2.52. The molecule has 3 N–H and O–H groups in total. The van der Waals surface area contributed by atoms with Crippen molar-refractivity contribution in [3.63, 3.8) is 0 Å². The smallest absolute Gasteiger partial charge is 0.311 e. The van der Waals surface area contributed by atoms with Crippen LogP contribution in [0, 0.1) is 10.1 Å². The number of hydrazine groups is 2. The Labute approximate surface area is 90.4 Å². The number of hydrazone groups is 1. The summed E-state index contributed by atoms with van der Waals surface area (Å²) >= 11 is 0. The lowest BCUT2D eigenvalue weighted by Gasteiger charge is -2.07.